The average Bonchev–Trinajstić information content (AvgIpc) is 2.28. The highest BCUT2D eigenvalue weighted by atomic mass is 127. The highest BCUT2D eigenvalue weighted by Crippen LogP contribution is 2.18. The van der Waals surface area contributed by atoms with Crippen molar-refractivity contribution >= 4 is 39.5 Å². The first-order chi connectivity index (χ1) is 7.63. The molecule has 1 N–H and O–H groups in total. The maximum atomic E-state index is 11.5. The second-order valence-corrected chi connectivity index (χ2v) is 4.32. The normalized spacial score (nSPS) is 10.4. The molecule has 0 spiro atoms. The zero-order chi connectivity index (χ0) is 11.7. The van der Waals surface area contributed by atoms with Gasteiger partial charge in [-0.2, -0.15) is 4.98 Å². The molecule has 0 unspecified atom stereocenters. The maximum Gasteiger partial charge on any atom is 0.340 e. The van der Waals surface area contributed by atoms with E-state index < -0.39 is 5.97 Å². The van der Waals surface area contributed by atoms with Crippen LogP contribution in [0.25, 0.3) is 10.9 Å². The Bertz CT molecular complexity index is 621. The summed E-state index contributed by atoms with van der Waals surface area (Å²) >= 11 is 2.03. The number of aromatic amines is 1. The lowest BCUT2D eigenvalue weighted by atomic mass is 10.1. The van der Waals surface area contributed by atoms with Crippen LogP contribution in [-0.2, 0) is 4.74 Å². The van der Waals surface area contributed by atoms with Gasteiger partial charge in [-0.15, -0.1) is 0 Å². The molecule has 1 aromatic heterocycles. The summed E-state index contributed by atoms with van der Waals surface area (Å²) in [5.41, 5.74) is 0.425. The van der Waals surface area contributed by atoms with Crippen molar-refractivity contribution in [2.45, 2.75) is 0 Å². The van der Waals surface area contributed by atoms with Gasteiger partial charge in [0.05, 0.1) is 29.9 Å². The van der Waals surface area contributed by atoms with Crippen molar-refractivity contribution in [1.82, 2.24) is 9.97 Å². The maximum absolute atomic E-state index is 11.5. The van der Waals surface area contributed by atoms with Crippen LogP contribution in [0.2, 0.25) is 0 Å². The van der Waals surface area contributed by atoms with Crippen molar-refractivity contribution in [3.63, 3.8) is 0 Å². The molecular weight excluding hydrogens is 323 g/mol. The quantitative estimate of drug-likeness (QED) is 0.632. The molecule has 1 heterocycles. The monoisotopic (exact) mass is 330 g/mol. The highest BCUT2D eigenvalue weighted by Gasteiger charge is 2.13. The van der Waals surface area contributed by atoms with E-state index in [1.807, 2.05) is 22.6 Å². The number of rotatable bonds is 1. The fraction of sp³-hybridized carbons (Fsp3) is 0.100. The molecule has 0 fully saturated rings. The summed E-state index contributed by atoms with van der Waals surface area (Å²) in [6, 6.07) is 3.33. The van der Waals surface area contributed by atoms with Gasteiger partial charge in [-0.05, 0) is 34.7 Å². The van der Waals surface area contributed by atoms with Gasteiger partial charge >= 0.3 is 5.97 Å². The molecule has 0 aliphatic carbocycles. The molecule has 1 aromatic carbocycles. The number of methoxy groups -OCH3 is 1. The Morgan fingerprint density at radius 2 is 2.25 bits per heavy atom. The number of benzene rings is 1. The number of ether oxygens (including phenoxy) is 1. The average molecular weight is 330 g/mol. The molecule has 0 atom stereocenters. The molecule has 5 nitrogen and oxygen atoms in total. The number of carbonyl (C=O) groups is 1. The summed E-state index contributed by atoms with van der Waals surface area (Å²) in [6.45, 7) is 0. The fourth-order valence-electron chi connectivity index (χ4n) is 1.43. The Balaban J connectivity index is 2.88. The van der Waals surface area contributed by atoms with Gasteiger partial charge in [-0.1, -0.05) is 0 Å². The molecule has 16 heavy (non-hydrogen) atoms. The minimum Gasteiger partial charge on any atom is -0.465 e. The van der Waals surface area contributed by atoms with Gasteiger partial charge in [0.25, 0.3) is 5.56 Å². The molecular formula is C10H7IN2O3. The van der Waals surface area contributed by atoms with Crippen molar-refractivity contribution < 1.29 is 9.53 Å². The summed E-state index contributed by atoms with van der Waals surface area (Å²) < 4.78 is 5.44. The predicted octanol–water partition coefficient (Wildman–Crippen LogP) is 1.31. The predicted molar refractivity (Wildman–Crippen MR) is 66.4 cm³/mol. The van der Waals surface area contributed by atoms with Crippen LogP contribution in [0.3, 0.4) is 0 Å². The van der Waals surface area contributed by atoms with E-state index in [0.29, 0.717) is 16.5 Å². The van der Waals surface area contributed by atoms with Crippen LogP contribution < -0.4 is 5.56 Å². The second-order valence-electron chi connectivity index (χ2n) is 3.08. The topological polar surface area (TPSA) is 72.1 Å². The number of nitrogens with one attached hydrogen (secondary N) is 1. The lowest BCUT2D eigenvalue weighted by molar-refractivity contribution is 0.0602. The molecule has 0 saturated heterocycles. The molecule has 2 rings (SSSR count). The first-order valence-corrected chi connectivity index (χ1v) is 5.46. The standard InChI is InChI=1S/C10H7IN2O3/c1-16-10(15)7-3-5(11)2-6-8(7)12-4-13-9(6)14/h2-4H,1H3,(H,12,13,14). The Kier molecular flexibility index (Phi) is 2.90. The summed E-state index contributed by atoms with van der Waals surface area (Å²) in [6.07, 6.45) is 1.27. The van der Waals surface area contributed by atoms with Crippen LogP contribution in [0.1, 0.15) is 10.4 Å². The zero-order valence-corrected chi connectivity index (χ0v) is 10.4. The Labute approximate surface area is 104 Å². The summed E-state index contributed by atoms with van der Waals surface area (Å²) in [5.74, 6) is -0.481. The number of hydrogen-bond donors (Lipinski definition) is 1. The van der Waals surface area contributed by atoms with E-state index in [0.717, 1.165) is 3.57 Å². The molecule has 0 saturated carbocycles. The summed E-state index contributed by atoms with van der Waals surface area (Å²) in [5, 5.41) is 0.384. The van der Waals surface area contributed by atoms with Crippen LogP contribution >= 0.6 is 22.6 Å². The van der Waals surface area contributed by atoms with Crippen molar-refractivity contribution in [3.05, 3.63) is 37.9 Å². The molecule has 0 aliphatic rings. The summed E-state index contributed by atoms with van der Waals surface area (Å²) in [7, 11) is 1.30. The van der Waals surface area contributed by atoms with Gasteiger partial charge in [0, 0.05) is 3.57 Å². The molecule has 0 aliphatic heterocycles. The molecule has 6 heteroatoms. The van der Waals surface area contributed by atoms with Gasteiger partial charge in [0.2, 0.25) is 0 Å². The van der Waals surface area contributed by atoms with Gasteiger partial charge in [0.15, 0.2) is 0 Å². The molecule has 0 amide bonds. The van der Waals surface area contributed by atoms with E-state index in [1.165, 1.54) is 13.4 Å². The van der Waals surface area contributed by atoms with Crippen molar-refractivity contribution in [3.8, 4) is 0 Å². The van der Waals surface area contributed by atoms with E-state index >= 15 is 0 Å². The Morgan fingerprint density at radius 1 is 1.50 bits per heavy atom. The minimum atomic E-state index is -0.481. The fourth-order valence-corrected chi connectivity index (χ4v) is 2.05. The third-order valence-corrected chi connectivity index (χ3v) is 2.75. The van der Waals surface area contributed by atoms with E-state index in [2.05, 4.69) is 14.7 Å². The van der Waals surface area contributed by atoms with E-state index in [1.54, 1.807) is 12.1 Å². The number of carbonyl (C=O) groups excluding carboxylic acids is 1. The first-order valence-electron chi connectivity index (χ1n) is 4.38. The molecule has 0 radical (unpaired) electrons. The van der Waals surface area contributed by atoms with Crippen LogP contribution in [0, 0.1) is 3.57 Å². The Hall–Kier alpha value is -1.44. The lowest BCUT2D eigenvalue weighted by Gasteiger charge is -2.04. The van der Waals surface area contributed by atoms with Crippen LogP contribution in [0.4, 0.5) is 0 Å². The Morgan fingerprint density at radius 3 is 2.94 bits per heavy atom. The largest absolute Gasteiger partial charge is 0.465 e. The number of H-pyrrole nitrogens is 1. The highest BCUT2D eigenvalue weighted by molar-refractivity contribution is 14.1. The van der Waals surface area contributed by atoms with E-state index in [4.69, 9.17) is 0 Å². The molecule has 2 aromatic rings. The number of aromatic nitrogens is 2. The van der Waals surface area contributed by atoms with E-state index in [-0.39, 0.29) is 5.56 Å². The third kappa shape index (κ3) is 1.80. The zero-order valence-electron chi connectivity index (χ0n) is 8.28. The first kappa shape index (κ1) is 11.1. The van der Waals surface area contributed by atoms with Crippen LogP contribution in [0.5, 0.6) is 0 Å². The van der Waals surface area contributed by atoms with Gasteiger partial charge < -0.3 is 9.72 Å². The number of hydrogen-bond acceptors (Lipinski definition) is 4. The molecule has 82 valence electrons. The minimum absolute atomic E-state index is 0.337. The number of fused-ring (bicyclic) bond motifs is 1. The van der Waals surface area contributed by atoms with Crippen molar-refractivity contribution in [1.29, 1.82) is 0 Å². The van der Waals surface area contributed by atoms with E-state index in [9.17, 15) is 9.59 Å². The van der Waals surface area contributed by atoms with Crippen LogP contribution in [-0.4, -0.2) is 23.0 Å². The van der Waals surface area contributed by atoms with Gasteiger partial charge in [-0.3, -0.25) is 4.79 Å². The summed E-state index contributed by atoms with van der Waals surface area (Å²) in [4.78, 5) is 29.4. The second kappa shape index (κ2) is 4.20. The SMILES string of the molecule is COC(=O)c1cc(I)cc2c(=O)nc[nH]c12. The number of esters is 1. The van der Waals surface area contributed by atoms with Gasteiger partial charge in [0.1, 0.15) is 0 Å². The number of halogens is 1. The lowest BCUT2D eigenvalue weighted by Crippen LogP contribution is -2.11. The van der Waals surface area contributed by atoms with Crippen molar-refractivity contribution in [2.75, 3.05) is 7.11 Å². The smallest absolute Gasteiger partial charge is 0.340 e. The van der Waals surface area contributed by atoms with Crippen molar-refractivity contribution in [2.24, 2.45) is 0 Å². The molecule has 0 bridgehead atoms. The third-order valence-electron chi connectivity index (χ3n) is 2.13. The number of nitrogens with zero attached hydrogens (tertiary/aromatic N) is 1. The van der Waals surface area contributed by atoms with Crippen LogP contribution in [0.15, 0.2) is 23.3 Å². The van der Waals surface area contributed by atoms with Gasteiger partial charge in [-0.25, -0.2) is 4.79 Å².